The second kappa shape index (κ2) is 6.64. The molecule has 0 saturated heterocycles. The van der Waals surface area contributed by atoms with Gasteiger partial charge in [0.15, 0.2) is 0 Å². The highest BCUT2D eigenvalue weighted by atomic mass is 79.9. The molecule has 2 aromatic rings. The van der Waals surface area contributed by atoms with Crippen LogP contribution in [0.5, 0.6) is 0 Å². The Labute approximate surface area is 139 Å². The zero-order valence-electron chi connectivity index (χ0n) is 13.7. The SMILES string of the molecule is CCn1ccc(CN(C)C(=O)C(C)n2nc(C)c(Br)c2C)n1. The second-order valence-corrected chi connectivity index (χ2v) is 6.26. The average Bonchev–Trinajstić information content (AvgIpc) is 3.05. The summed E-state index contributed by atoms with van der Waals surface area (Å²) in [5.41, 5.74) is 2.74. The number of aryl methyl sites for hydroxylation is 2. The van der Waals surface area contributed by atoms with Crippen LogP contribution in [-0.2, 0) is 17.9 Å². The van der Waals surface area contributed by atoms with E-state index in [-0.39, 0.29) is 11.9 Å². The number of rotatable bonds is 5. The first-order valence-corrected chi connectivity index (χ1v) is 8.13. The molecule has 0 bridgehead atoms. The molecule has 0 aliphatic carbocycles. The topological polar surface area (TPSA) is 56.0 Å². The Kier molecular flexibility index (Phi) is 5.05. The number of hydrogen-bond acceptors (Lipinski definition) is 3. The lowest BCUT2D eigenvalue weighted by Crippen LogP contribution is -2.33. The largest absolute Gasteiger partial charge is 0.338 e. The summed E-state index contributed by atoms with van der Waals surface area (Å²) in [4.78, 5) is 14.3. The number of halogens is 1. The van der Waals surface area contributed by atoms with Gasteiger partial charge in [-0.2, -0.15) is 10.2 Å². The molecule has 0 N–H and O–H groups in total. The Bertz CT molecular complexity index is 676. The molecule has 0 fully saturated rings. The molecule has 0 aliphatic rings. The molecule has 0 saturated carbocycles. The minimum absolute atomic E-state index is 0.0177. The highest BCUT2D eigenvalue weighted by molar-refractivity contribution is 9.10. The summed E-state index contributed by atoms with van der Waals surface area (Å²) in [7, 11) is 1.80. The molecule has 120 valence electrons. The van der Waals surface area contributed by atoms with Crippen molar-refractivity contribution in [2.45, 2.75) is 46.8 Å². The molecule has 0 radical (unpaired) electrons. The number of nitrogens with zero attached hydrogens (tertiary/aromatic N) is 5. The zero-order chi connectivity index (χ0) is 16.4. The quantitative estimate of drug-likeness (QED) is 0.816. The van der Waals surface area contributed by atoms with Gasteiger partial charge in [0, 0.05) is 19.8 Å². The molecule has 1 amide bonds. The van der Waals surface area contributed by atoms with Gasteiger partial charge in [-0.05, 0) is 49.7 Å². The van der Waals surface area contributed by atoms with Gasteiger partial charge in [-0.3, -0.25) is 14.2 Å². The number of carbonyl (C=O) groups is 1. The van der Waals surface area contributed by atoms with Crippen LogP contribution in [0.3, 0.4) is 0 Å². The predicted octanol–water partition coefficient (Wildman–Crippen LogP) is 2.70. The smallest absolute Gasteiger partial charge is 0.247 e. The zero-order valence-corrected chi connectivity index (χ0v) is 15.3. The van der Waals surface area contributed by atoms with E-state index in [1.807, 2.05) is 44.6 Å². The van der Waals surface area contributed by atoms with E-state index in [1.54, 1.807) is 16.6 Å². The molecule has 2 aromatic heterocycles. The van der Waals surface area contributed by atoms with Gasteiger partial charge in [-0.25, -0.2) is 0 Å². The van der Waals surface area contributed by atoms with E-state index >= 15 is 0 Å². The summed E-state index contributed by atoms with van der Waals surface area (Å²) < 4.78 is 4.58. The van der Waals surface area contributed by atoms with E-state index in [0.29, 0.717) is 6.54 Å². The maximum absolute atomic E-state index is 12.6. The van der Waals surface area contributed by atoms with Gasteiger partial charge in [0.2, 0.25) is 5.91 Å². The fraction of sp³-hybridized carbons (Fsp3) is 0.533. The van der Waals surface area contributed by atoms with Crippen LogP contribution < -0.4 is 0 Å². The van der Waals surface area contributed by atoms with Crippen LogP contribution in [0.2, 0.25) is 0 Å². The Morgan fingerprint density at radius 2 is 2.09 bits per heavy atom. The van der Waals surface area contributed by atoms with Crippen molar-refractivity contribution in [2.75, 3.05) is 7.05 Å². The average molecular weight is 368 g/mol. The maximum atomic E-state index is 12.6. The van der Waals surface area contributed by atoms with Crippen LogP contribution in [0.15, 0.2) is 16.7 Å². The van der Waals surface area contributed by atoms with Gasteiger partial charge in [0.25, 0.3) is 0 Å². The predicted molar refractivity (Wildman–Crippen MR) is 88.5 cm³/mol. The summed E-state index contributed by atoms with van der Waals surface area (Å²) in [5.74, 6) is 0.0177. The van der Waals surface area contributed by atoms with Crippen molar-refractivity contribution in [1.82, 2.24) is 24.5 Å². The highest BCUT2D eigenvalue weighted by Crippen LogP contribution is 2.23. The summed E-state index contributed by atoms with van der Waals surface area (Å²) in [6.45, 7) is 9.11. The lowest BCUT2D eigenvalue weighted by Gasteiger charge is -2.21. The van der Waals surface area contributed by atoms with Gasteiger partial charge in [-0.15, -0.1) is 0 Å². The van der Waals surface area contributed by atoms with Crippen LogP contribution >= 0.6 is 15.9 Å². The van der Waals surface area contributed by atoms with E-state index in [2.05, 4.69) is 26.1 Å². The third kappa shape index (κ3) is 3.24. The third-order valence-electron chi connectivity index (χ3n) is 3.76. The first-order valence-electron chi connectivity index (χ1n) is 7.33. The van der Waals surface area contributed by atoms with E-state index in [0.717, 1.165) is 28.1 Å². The van der Waals surface area contributed by atoms with Crippen LogP contribution in [-0.4, -0.2) is 37.4 Å². The van der Waals surface area contributed by atoms with Gasteiger partial charge in [0.1, 0.15) is 6.04 Å². The first kappa shape index (κ1) is 16.7. The Hall–Kier alpha value is -1.63. The van der Waals surface area contributed by atoms with Crippen molar-refractivity contribution >= 4 is 21.8 Å². The molecule has 7 heteroatoms. The highest BCUT2D eigenvalue weighted by Gasteiger charge is 2.23. The fourth-order valence-corrected chi connectivity index (χ4v) is 2.69. The lowest BCUT2D eigenvalue weighted by molar-refractivity contribution is -0.133. The normalized spacial score (nSPS) is 12.5. The molecule has 1 atom stereocenters. The number of carbonyl (C=O) groups excluding carboxylic acids is 1. The molecule has 1 unspecified atom stereocenters. The van der Waals surface area contributed by atoms with Crippen molar-refractivity contribution in [1.29, 1.82) is 0 Å². The van der Waals surface area contributed by atoms with E-state index in [9.17, 15) is 4.79 Å². The summed E-state index contributed by atoms with van der Waals surface area (Å²) in [6, 6.07) is 1.60. The third-order valence-corrected chi connectivity index (χ3v) is 4.90. The van der Waals surface area contributed by atoms with Crippen molar-refractivity contribution in [3.63, 3.8) is 0 Å². The van der Waals surface area contributed by atoms with E-state index in [1.165, 1.54) is 0 Å². The lowest BCUT2D eigenvalue weighted by atomic mass is 10.2. The summed E-state index contributed by atoms with van der Waals surface area (Å²) in [6.07, 6.45) is 1.93. The first-order chi connectivity index (χ1) is 10.3. The molecule has 0 spiro atoms. The van der Waals surface area contributed by atoms with Crippen molar-refractivity contribution in [3.8, 4) is 0 Å². The minimum atomic E-state index is -0.344. The molecule has 2 rings (SSSR count). The van der Waals surface area contributed by atoms with Crippen molar-refractivity contribution in [2.24, 2.45) is 0 Å². The molecule has 6 nitrogen and oxygen atoms in total. The Balaban J connectivity index is 2.10. The van der Waals surface area contributed by atoms with E-state index < -0.39 is 0 Å². The number of likely N-dealkylation sites (N-methyl/N-ethyl adjacent to an activating group) is 1. The Morgan fingerprint density at radius 3 is 2.59 bits per heavy atom. The number of aromatic nitrogens is 4. The van der Waals surface area contributed by atoms with Gasteiger partial charge in [-0.1, -0.05) is 0 Å². The van der Waals surface area contributed by atoms with Crippen molar-refractivity contribution in [3.05, 3.63) is 33.8 Å². The minimum Gasteiger partial charge on any atom is -0.338 e. The molecule has 0 aliphatic heterocycles. The van der Waals surface area contributed by atoms with Crippen LogP contribution in [0.1, 0.15) is 37.0 Å². The molecule has 2 heterocycles. The molecule has 0 aromatic carbocycles. The van der Waals surface area contributed by atoms with Gasteiger partial charge in [0.05, 0.1) is 28.1 Å². The maximum Gasteiger partial charge on any atom is 0.247 e. The second-order valence-electron chi connectivity index (χ2n) is 5.46. The van der Waals surface area contributed by atoms with E-state index in [4.69, 9.17) is 0 Å². The van der Waals surface area contributed by atoms with Crippen LogP contribution in [0, 0.1) is 13.8 Å². The number of amides is 1. The fourth-order valence-electron chi connectivity index (χ4n) is 2.43. The standard InChI is InChI=1S/C15H22BrN5O/c1-6-20-8-7-13(18-20)9-19(5)15(22)12(4)21-11(3)14(16)10(2)17-21/h7-8,12H,6,9H2,1-5H3. The molecular weight excluding hydrogens is 346 g/mol. The number of hydrogen-bond donors (Lipinski definition) is 0. The van der Waals surface area contributed by atoms with Crippen LogP contribution in [0.25, 0.3) is 0 Å². The Morgan fingerprint density at radius 1 is 1.41 bits per heavy atom. The summed E-state index contributed by atoms with van der Waals surface area (Å²) in [5, 5.41) is 8.85. The summed E-state index contributed by atoms with van der Waals surface area (Å²) >= 11 is 3.50. The van der Waals surface area contributed by atoms with Crippen LogP contribution in [0.4, 0.5) is 0 Å². The van der Waals surface area contributed by atoms with Crippen molar-refractivity contribution < 1.29 is 4.79 Å². The monoisotopic (exact) mass is 367 g/mol. The van der Waals surface area contributed by atoms with Gasteiger partial charge >= 0.3 is 0 Å². The molecule has 22 heavy (non-hydrogen) atoms. The van der Waals surface area contributed by atoms with Gasteiger partial charge < -0.3 is 4.90 Å². The molecular formula is C15H22BrN5O.